The first-order valence-electron chi connectivity index (χ1n) is 6.83. The zero-order chi connectivity index (χ0) is 12.8. The molecule has 0 spiro atoms. The molecule has 0 aliphatic carbocycles. The predicted octanol–water partition coefficient (Wildman–Crippen LogP) is 2.27. The van der Waals surface area contributed by atoms with E-state index in [2.05, 4.69) is 29.4 Å². The molecule has 1 unspecified atom stereocenters. The van der Waals surface area contributed by atoms with Crippen LogP contribution in [0.2, 0.25) is 0 Å². The zero-order valence-corrected chi connectivity index (χ0v) is 11.5. The molecule has 1 fully saturated rings. The van der Waals surface area contributed by atoms with Crippen molar-refractivity contribution in [2.45, 2.75) is 31.8 Å². The second-order valence-corrected chi connectivity index (χ2v) is 5.10. The Morgan fingerprint density at radius 2 is 2.00 bits per heavy atom. The third-order valence-corrected chi connectivity index (χ3v) is 3.76. The highest BCUT2D eigenvalue weighted by atomic mass is 16.5. The highest BCUT2D eigenvalue weighted by molar-refractivity contribution is 5.27. The molecule has 3 nitrogen and oxygen atoms in total. The summed E-state index contributed by atoms with van der Waals surface area (Å²) in [5.74, 6) is 0.931. The molecular weight excluding hydrogens is 224 g/mol. The standard InChI is InChI=1S/C15H24N2O/c1-17(14-4-3-10-16-11-9-14)12-13-5-7-15(18-2)8-6-13/h5-8,14,16H,3-4,9-12H2,1-2H3. The van der Waals surface area contributed by atoms with Gasteiger partial charge in [-0.15, -0.1) is 0 Å². The Labute approximate surface area is 110 Å². The van der Waals surface area contributed by atoms with Gasteiger partial charge in [-0.3, -0.25) is 4.90 Å². The van der Waals surface area contributed by atoms with Gasteiger partial charge in [-0.1, -0.05) is 12.1 Å². The second-order valence-electron chi connectivity index (χ2n) is 5.10. The normalized spacial score (nSPS) is 20.7. The van der Waals surface area contributed by atoms with Gasteiger partial charge in [0, 0.05) is 12.6 Å². The van der Waals surface area contributed by atoms with Gasteiger partial charge in [-0.25, -0.2) is 0 Å². The Morgan fingerprint density at radius 1 is 1.22 bits per heavy atom. The van der Waals surface area contributed by atoms with Gasteiger partial charge in [-0.05, 0) is 57.1 Å². The number of nitrogens with zero attached hydrogens (tertiary/aromatic N) is 1. The van der Waals surface area contributed by atoms with Crippen molar-refractivity contribution >= 4 is 0 Å². The smallest absolute Gasteiger partial charge is 0.118 e. The van der Waals surface area contributed by atoms with Crippen molar-refractivity contribution < 1.29 is 4.74 Å². The topological polar surface area (TPSA) is 24.5 Å². The molecule has 1 aromatic carbocycles. The minimum absolute atomic E-state index is 0.710. The summed E-state index contributed by atoms with van der Waals surface area (Å²) >= 11 is 0. The SMILES string of the molecule is COc1ccc(CN(C)C2CCCNCC2)cc1. The molecule has 1 N–H and O–H groups in total. The Bertz CT molecular complexity index is 342. The molecule has 1 atom stereocenters. The third-order valence-electron chi connectivity index (χ3n) is 3.76. The highest BCUT2D eigenvalue weighted by Gasteiger charge is 2.16. The molecule has 0 amide bonds. The molecule has 1 aliphatic rings. The lowest BCUT2D eigenvalue weighted by molar-refractivity contribution is 0.216. The Kier molecular flexibility index (Phi) is 5.02. The van der Waals surface area contributed by atoms with Gasteiger partial charge in [0.2, 0.25) is 0 Å². The van der Waals surface area contributed by atoms with E-state index in [-0.39, 0.29) is 0 Å². The fourth-order valence-electron chi connectivity index (χ4n) is 2.59. The van der Waals surface area contributed by atoms with E-state index in [4.69, 9.17) is 4.74 Å². The summed E-state index contributed by atoms with van der Waals surface area (Å²) in [5, 5.41) is 3.47. The molecule has 18 heavy (non-hydrogen) atoms. The quantitative estimate of drug-likeness (QED) is 0.884. The predicted molar refractivity (Wildman–Crippen MR) is 75.0 cm³/mol. The van der Waals surface area contributed by atoms with Crippen LogP contribution in [-0.2, 0) is 6.54 Å². The summed E-state index contributed by atoms with van der Waals surface area (Å²) in [4.78, 5) is 2.48. The summed E-state index contributed by atoms with van der Waals surface area (Å²) in [5.41, 5.74) is 1.36. The van der Waals surface area contributed by atoms with Gasteiger partial charge in [0.25, 0.3) is 0 Å². The highest BCUT2D eigenvalue weighted by Crippen LogP contribution is 2.17. The number of ether oxygens (including phenoxy) is 1. The van der Waals surface area contributed by atoms with Crippen LogP contribution in [0.25, 0.3) is 0 Å². The molecule has 1 heterocycles. The lowest BCUT2D eigenvalue weighted by Crippen LogP contribution is -2.31. The van der Waals surface area contributed by atoms with Crippen LogP contribution in [0.15, 0.2) is 24.3 Å². The summed E-state index contributed by atoms with van der Waals surface area (Å²) in [6.07, 6.45) is 3.85. The first kappa shape index (κ1) is 13.4. The van der Waals surface area contributed by atoms with Crippen LogP contribution < -0.4 is 10.1 Å². The van der Waals surface area contributed by atoms with E-state index in [1.165, 1.54) is 31.4 Å². The van der Waals surface area contributed by atoms with E-state index in [0.717, 1.165) is 18.8 Å². The van der Waals surface area contributed by atoms with Crippen molar-refractivity contribution in [3.8, 4) is 5.75 Å². The minimum atomic E-state index is 0.710. The molecule has 100 valence electrons. The Hall–Kier alpha value is -1.06. The molecule has 1 aromatic rings. The van der Waals surface area contributed by atoms with Gasteiger partial charge < -0.3 is 10.1 Å². The van der Waals surface area contributed by atoms with Crippen molar-refractivity contribution in [3.05, 3.63) is 29.8 Å². The van der Waals surface area contributed by atoms with Gasteiger partial charge in [-0.2, -0.15) is 0 Å². The molecule has 3 heteroatoms. The fourth-order valence-corrected chi connectivity index (χ4v) is 2.59. The van der Waals surface area contributed by atoms with E-state index < -0.39 is 0 Å². The average molecular weight is 248 g/mol. The number of hydrogen-bond acceptors (Lipinski definition) is 3. The van der Waals surface area contributed by atoms with Crippen LogP contribution in [0.5, 0.6) is 5.75 Å². The molecular formula is C15H24N2O. The average Bonchev–Trinajstić information content (AvgIpc) is 2.68. The van der Waals surface area contributed by atoms with Crippen LogP contribution in [0.1, 0.15) is 24.8 Å². The van der Waals surface area contributed by atoms with Crippen LogP contribution in [-0.4, -0.2) is 38.2 Å². The zero-order valence-electron chi connectivity index (χ0n) is 11.5. The van der Waals surface area contributed by atoms with E-state index in [0.29, 0.717) is 6.04 Å². The molecule has 1 aliphatic heterocycles. The fraction of sp³-hybridized carbons (Fsp3) is 0.600. The minimum Gasteiger partial charge on any atom is -0.497 e. The van der Waals surface area contributed by atoms with E-state index in [9.17, 15) is 0 Å². The monoisotopic (exact) mass is 248 g/mol. The Morgan fingerprint density at radius 3 is 2.72 bits per heavy atom. The molecule has 0 saturated carbocycles. The van der Waals surface area contributed by atoms with Crippen LogP contribution >= 0.6 is 0 Å². The largest absolute Gasteiger partial charge is 0.497 e. The van der Waals surface area contributed by atoms with Crippen molar-refractivity contribution in [1.82, 2.24) is 10.2 Å². The maximum atomic E-state index is 5.19. The van der Waals surface area contributed by atoms with Gasteiger partial charge >= 0.3 is 0 Å². The maximum absolute atomic E-state index is 5.19. The summed E-state index contributed by atoms with van der Waals surface area (Å²) < 4.78 is 5.19. The molecule has 1 saturated heterocycles. The number of hydrogen-bond donors (Lipinski definition) is 1. The van der Waals surface area contributed by atoms with Crippen LogP contribution in [0.3, 0.4) is 0 Å². The van der Waals surface area contributed by atoms with E-state index in [1.54, 1.807) is 7.11 Å². The number of nitrogens with one attached hydrogen (secondary N) is 1. The Balaban J connectivity index is 1.90. The third kappa shape index (κ3) is 3.72. The molecule has 0 aromatic heterocycles. The maximum Gasteiger partial charge on any atom is 0.118 e. The number of methoxy groups -OCH3 is 1. The van der Waals surface area contributed by atoms with Crippen LogP contribution in [0.4, 0.5) is 0 Å². The molecule has 0 radical (unpaired) electrons. The lowest BCUT2D eigenvalue weighted by Gasteiger charge is -2.26. The van der Waals surface area contributed by atoms with Gasteiger partial charge in [0.1, 0.15) is 5.75 Å². The summed E-state index contributed by atoms with van der Waals surface area (Å²) in [6, 6.07) is 9.10. The molecule has 2 rings (SSSR count). The second kappa shape index (κ2) is 6.76. The van der Waals surface area contributed by atoms with Gasteiger partial charge in [0.05, 0.1) is 7.11 Å². The van der Waals surface area contributed by atoms with Crippen molar-refractivity contribution in [2.24, 2.45) is 0 Å². The summed E-state index contributed by atoms with van der Waals surface area (Å²) in [6.45, 7) is 3.35. The van der Waals surface area contributed by atoms with Crippen molar-refractivity contribution in [1.29, 1.82) is 0 Å². The van der Waals surface area contributed by atoms with Gasteiger partial charge in [0.15, 0.2) is 0 Å². The lowest BCUT2D eigenvalue weighted by atomic mass is 10.1. The van der Waals surface area contributed by atoms with Crippen molar-refractivity contribution in [3.63, 3.8) is 0 Å². The van der Waals surface area contributed by atoms with Crippen molar-refractivity contribution in [2.75, 3.05) is 27.2 Å². The van der Waals surface area contributed by atoms with Crippen LogP contribution in [0, 0.1) is 0 Å². The van der Waals surface area contributed by atoms with E-state index in [1.807, 2.05) is 12.1 Å². The summed E-state index contributed by atoms with van der Waals surface area (Å²) in [7, 11) is 3.94. The first-order chi connectivity index (χ1) is 8.79. The van der Waals surface area contributed by atoms with E-state index >= 15 is 0 Å². The molecule has 0 bridgehead atoms. The number of benzene rings is 1. The number of rotatable bonds is 4. The first-order valence-corrected chi connectivity index (χ1v) is 6.83.